The van der Waals surface area contributed by atoms with Crippen LogP contribution in [0.1, 0.15) is 12.0 Å². The van der Waals surface area contributed by atoms with Crippen LogP contribution in [0.3, 0.4) is 0 Å². The molecule has 3 aromatic heterocycles. The van der Waals surface area contributed by atoms with Crippen molar-refractivity contribution in [1.29, 1.82) is 0 Å². The first-order valence-electron chi connectivity index (χ1n) is 6.98. The van der Waals surface area contributed by atoms with Gasteiger partial charge >= 0.3 is 0 Å². The number of nitrogens with zero attached hydrogens (tertiary/aromatic N) is 3. The van der Waals surface area contributed by atoms with Gasteiger partial charge in [0.25, 0.3) is 0 Å². The van der Waals surface area contributed by atoms with Gasteiger partial charge in [-0.15, -0.1) is 0 Å². The number of aromatic nitrogens is 3. The van der Waals surface area contributed by atoms with E-state index in [-0.39, 0.29) is 0 Å². The first-order chi connectivity index (χ1) is 10.8. The third-order valence-corrected chi connectivity index (χ3v) is 4.03. The molecule has 0 amide bonds. The molecule has 0 spiro atoms. The van der Waals surface area contributed by atoms with Crippen LogP contribution in [0.25, 0.3) is 10.9 Å². The highest BCUT2D eigenvalue weighted by atomic mass is 35.5. The minimum Gasteiger partial charge on any atom is -0.385 e. The molecule has 22 heavy (non-hydrogen) atoms. The SMILES string of the molecule is Clc1nccc2c1CCCN2.Clc1nccc2ncccc12. The predicted octanol–water partition coefficient (Wildman–Crippen LogP) is 4.38. The van der Waals surface area contributed by atoms with Gasteiger partial charge in [0.2, 0.25) is 0 Å². The van der Waals surface area contributed by atoms with Crippen molar-refractivity contribution in [3.63, 3.8) is 0 Å². The number of nitrogens with one attached hydrogen (secondary N) is 1. The molecule has 3 aromatic rings. The maximum Gasteiger partial charge on any atom is 0.138 e. The van der Waals surface area contributed by atoms with Crippen LogP contribution in [0.15, 0.2) is 42.9 Å². The molecule has 1 N–H and O–H groups in total. The van der Waals surface area contributed by atoms with E-state index in [0.29, 0.717) is 10.3 Å². The zero-order chi connectivity index (χ0) is 15.4. The van der Waals surface area contributed by atoms with Crippen molar-refractivity contribution in [2.24, 2.45) is 0 Å². The van der Waals surface area contributed by atoms with Crippen LogP contribution in [-0.4, -0.2) is 21.5 Å². The molecule has 0 fully saturated rings. The van der Waals surface area contributed by atoms with Gasteiger partial charge in [0.05, 0.1) is 5.52 Å². The Morgan fingerprint density at radius 2 is 1.73 bits per heavy atom. The number of rotatable bonds is 0. The summed E-state index contributed by atoms with van der Waals surface area (Å²) in [5.74, 6) is 0. The van der Waals surface area contributed by atoms with Gasteiger partial charge in [-0.3, -0.25) is 4.98 Å². The molecule has 4 rings (SSSR count). The van der Waals surface area contributed by atoms with E-state index in [0.717, 1.165) is 36.0 Å². The summed E-state index contributed by atoms with van der Waals surface area (Å²) in [6, 6.07) is 7.55. The molecule has 0 saturated carbocycles. The fraction of sp³-hybridized carbons (Fsp3) is 0.188. The van der Waals surface area contributed by atoms with Gasteiger partial charge in [0.15, 0.2) is 0 Å². The summed E-state index contributed by atoms with van der Waals surface area (Å²) in [5, 5.41) is 5.34. The number of fused-ring (bicyclic) bond motifs is 2. The van der Waals surface area contributed by atoms with Gasteiger partial charge in [0.1, 0.15) is 10.3 Å². The van der Waals surface area contributed by atoms with Gasteiger partial charge in [-0.2, -0.15) is 0 Å². The monoisotopic (exact) mass is 332 g/mol. The molecule has 0 atom stereocenters. The van der Waals surface area contributed by atoms with E-state index in [1.807, 2.05) is 24.3 Å². The second-order valence-corrected chi connectivity index (χ2v) is 5.55. The summed E-state index contributed by atoms with van der Waals surface area (Å²) in [6.45, 7) is 1.05. The smallest absolute Gasteiger partial charge is 0.138 e. The van der Waals surface area contributed by atoms with Gasteiger partial charge in [-0.05, 0) is 37.1 Å². The summed E-state index contributed by atoms with van der Waals surface area (Å²) in [6.07, 6.45) is 7.32. The van der Waals surface area contributed by atoms with Crippen LogP contribution in [0.4, 0.5) is 5.69 Å². The van der Waals surface area contributed by atoms with Crippen molar-refractivity contribution in [3.05, 3.63) is 58.7 Å². The Morgan fingerprint density at radius 1 is 0.909 bits per heavy atom. The number of hydrogen-bond donors (Lipinski definition) is 1. The number of pyridine rings is 3. The summed E-state index contributed by atoms with van der Waals surface area (Å²) in [7, 11) is 0. The lowest BCUT2D eigenvalue weighted by Crippen LogP contribution is -2.12. The van der Waals surface area contributed by atoms with Crippen molar-refractivity contribution in [2.75, 3.05) is 11.9 Å². The summed E-state index contributed by atoms with van der Waals surface area (Å²) in [5.41, 5.74) is 3.20. The predicted molar refractivity (Wildman–Crippen MR) is 90.6 cm³/mol. The Bertz CT molecular complexity index is 787. The molecule has 112 valence electrons. The van der Waals surface area contributed by atoms with Crippen molar-refractivity contribution >= 4 is 39.8 Å². The quantitative estimate of drug-likeness (QED) is 0.621. The second-order valence-electron chi connectivity index (χ2n) is 4.83. The largest absolute Gasteiger partial charge is 0.385 e. The summed E-state index contributed by atoms with van der Waals surface area (Å²) in [4.78, 5) is 12.1. The van der Waals surface area contributed by atoms with Crippen molar-refractivity contribution in [3.8, 4) is 0 Å². The average Bonchev–Trinajstić information content (AvgIpc) is 2.57. The molecule has 6 heteroatoms. The minimum atomic E-state index is 0.510. The van der Waals surface area contributed by atoms with Crippen molar-refractivity contribution < 1.29 is 0 Å². The summed E-state index contributed by atoms with van der Waals surface area (Å²) >= 11 is 11.7. The van der Waals surface area contributed by atoms with E-state index in [4.69, 9.17) is 23.2 Å². The van der Waals surface area contributed by atoms with E-state index in [1.54, 1.807) is 18.6 Å². The van der Waals surface area contributed by atoms with E-state index in [2.05, 4.69) is 20.3 Å². The molecule has 0 radical (unpaired) electrons. The zero-order valence-corrected chi connectivity index (χ0v) is 13.3. The van der Waals surface area contributed by atoms with Crippen LogP contribution < -0.4 is 5.32 Å². The van der Waals surface area contributed by atoms with E-state index in [1.165, 1.54) is 5.56 Å². The zero-order valence-electron chi connectivity index (χ0n) is 11.8. The maximum atomic E-state index is 5.89. The maximum absolute atomic E-state index is 5.89. The molecule has 0 saturated heterocycles. The third-order valence-electron chi connectivity index (χ3n) is 3.40. The molecule has 0 unspecified atom stereocenters. The number of hydrogen-bond acceptors (Lipinski definition) is 4. The molecule has 4 nitrogen and oxygen atoms in total. The number of anilines is 1. The molecule has 0 aliphatic carbocycles. The molecular weight excluding hydrogens is 319 g/mol. The first kappa shape index (κ1) is 15.0. The van der Waals surface area contributed by atoms with Crippen LogP contribution in [0.2, 0.25) is 10.3 Å². The molecule has 0 aromatic carbocycles. The Labute approximate surface area is 138 Å². The molecule has 1 aliphatic rings. The van der Waals surface area contributed by atoms with Crippen molar-refractivity contribution in [2.45, 2.75) is 12.8 Å². The Hall–Kier alpha value is -1.91. The lowest BCUT2D eigenvalue weighted by Gasteiger charge is -2.17. The normalized spacial score (nSPS) is 12.8. The molecule has 1 aliphatic heterocycles. The fourth-order valence-electron chi connectivity index (χ4n) is 2.33. The topological polar surface area (TPSA) is 50.7 Å². The molecular formula is C16H14Cl2N4. The van der Waals surface area contributed by atoms with Crippen LogP contribution in [0, 0.1) is 0 Å². The first-order valence-corrected chi connectivity index (χ1v) is 7.74. The van der Waals surface area contributed by atoms with E-state index >= 15 is 0 Å². The van der Waals surface area contributed by atoms with E-state index in [9.17, 15) is 0 Å². The van der Waals surface area contributed by atoms with Gasteiger partial charge < -0.3 is 5.32 Å². The minimum absolute atomic E-state index is 0.510. The second kappa shape index (κ2) is 6.90. The van der Waals surface area contributed by atoms with E-state index < -0.39 is 0 Å². The Kier molecular flexibility index (Phi) is 4.71. The molecule has 4 heterocycles. The highest BCUT2D eigenvalue weighted by Crippen LogP contribution is 2.26. The highest BCUT2D eigenvalue weighted by molar-refractivity contribution is 6.34. The lowest BCUT2D eigenvalue weighted by atomic mass is 10.1. The van der Waals surface area contributed by atoms with Crippen LogP contribution >= 0.6 is 23.2 Å². The van der Waals surface area contributed by atoms with Crippen molar-refractivity contribution in [1.82, 2.24) is 15.0 Å². The van der Waals surface area contributed by atoms with Gasteiger partial charge in [-0.1, -0.05) is 23.2 Å². The van der Waals surface area contributed by atoms with Crippen LogP contribution in [0.5, 0.6) is 0 Å². The lowest BCUT2D eigenvalue weighted by molar-refractivity contribution is 0.825. The van der Waals surface area contributed by atoms with Gasteiger partial charge in [0, 0.05) is 41.8 Å². The summed E-state index contributed by atoms with van der Waals surface area (Å²) < 4.78 is 0. The Balaban J connectivity index is 0.000000131. The third kappa shape index (κ3) is 3.29. The standard InChI is InChI=1S/C8H9ClN2.C8H5ClN2/c2*9-8-6-2-1-4-10-7(6)3-5-11-8/h3,5,10H,1-2,4H2;1-5H. The molecule has 0 bridgehead atoms. The number of halogens is 2. The fourth-order valence-corrected chi connectivity index (χ4v) is 2.79. The highest BCUT2D eigenvalue weighted by Gasteiger charge is 2.11. The van der Waals surface area contributed by atoms with Crippen LogP contribution in [-0.2, 0) is 6.42 Å². The van der Waals surface area contributed by atoms with Gasteiger partial charge in [-0.25, -0.2) is 9.97 Å². The average molecular weight is 333 g/mol. The Morgan fingerprint density at radius 3 is 2.55 bits per heavy atom.